The third-order valence-electron chi connectivity index (χ3n) is 6.18. The number of carbonyl (C=O) groups excluding carboxylic acids is 2. The highest BCUT2D eigenvalue weighted by Crippen LogP contribution is 2.44. The molecule has 2 N–H and O–H groups in total. The molecule has 0 bridgehead atoms. The molecule has 1 saturated heterocycles. The first kappa shape index (κ1) is 23.6. The maximum Gasteiger partial charge on any atom is 0.410 e. The van der Waals surface area contributed by atoms with Crippen LogP contribution in [0.5, 0.6) is 0 Å². The monoisotopic (exact) mass is 466 g/mol. The zero-order chi connectivity index (χ0) is 24.5. The molecule has 0 aromatic heterocycles. The van der Waals surface area contributed by atoms with Gasteiger partial charge in [0.1, 0.15) is 18.2 Å². The summed E-state index contributed by atoms with van der Waals surface area (Å²) < 4.78 is 10.9. The number of fused-ring (bicyclic) bond motifs is 3. The molecule has 1 fully saturated rings. The van der Waals surface area contributed by atoms with Gasteiger partial charge in [0, 0.05) is 19.0 Å². The van der Waals surface area contributed by atoms with E-state index in [4.69, 9.17) is 9.47 Å². The van der Waals surface area contributed by atoms with Gasteiger partial charge in [0.25, 0.3) is 0 Å². The summed E-state index contributed by atoms with van der Waals surface area (Å²) >= 11 is 0. The summed E-state index contributed by atoms with van der Waals surface area (Å²) in [6, 6.07) is 15.1. The van der Waals surface area contributed by atoms with Gasteiger partial charge in [-0.1, -0.05) is 48.5 Å². The Hall–Kier alpha value is -3.55. The summed E-state index contributed by atoms with van der Waals surface area (Å²) in [4.78, 5) is 37.9. The van der Waals surface area contributed by atoms with E-state index in [9.17, 15) is 19.5 Å². The first-order chi connectivity index (χ1) is 16.1. The molecule has 8 heteroatoms. The summed E-state index contributed by atoms with van der Waals surface area (Å²) in [7, 11) is 0. The molecule has 1 aliphatic carbocycles. The number of likely N-dealkylation sites (tertiary alicyclic amines) is 1. The number of carbonyl (C=O) groups is 3. The van der Waals surface area contributed by atoms with Gasteiger partial charge in [-0.15, -0.1) is 0 Å². The number of hydrogen-bond donors (Lipinski definition) is 2. The van der Waals surface area contributed by atoms with Crippen LogP contribution in [0.15, 0.2) is 48.5 Å². The number of ether oxygens (including phenoxy) is 2. The molecular formula is C26H30N2O6. The van der Waals surface area contributed by atoms with Crippen LogP contribution in [-0.2, 0) is 14.3 Å². The third-order valence-corrected chi connectivity index (χ3v) is 6.18. The van der Waals surface area contributed by atoms with Crippen LogP contribution in [-0.4, -0.2) is 59.5 Å². The predicted molar refractivity (Wildman–Crippen MR) is 126 cm³/mol. The minimum Gasteiger partial charge on any atom is -0.480 e. The minimum absolute atomic E-state index is 0.105. The van der Waals surface area contributed by atoms with Crippen LogP contribution in [0.25, 0.3) is 11.1 Å². The highest BCUT2D eigenvalue weighted by atomic mass is 16.6. The van der Waals surface area contributed by atoms with E-state index in [0.29, 0.717) is 0 Å². The third kappa shape index (κ3) is 5.00. The van der Waals surface area contributed by atoms with Crippen LogP contribution in [0.3, 0.4) is 0 Å². The molecule has 2 aromatic carbocycles. The van der Waals surface area contributed by atoms with Crippen LogP contribution in [0.1, 0.15) is 44.2 Å². The largest absolute Gasteiger partial charge is 0.480 e. The van der Waals surface area contributed by atoms with Crippen LogP contribution >= 0.6 is 0 Å². The topological polar surface area (TPSA) is 105 Å². The lowest BCUT2D eigenvalue weighted by atomic mass is 9.98. The van der Waals surface area contributed by atoms with Crippen LogP contribution < -0.4 is 5.32 Å². The zero-order valence-electron chi connectivity index (χ0n) is 19.6. The normalized spacial score (nSPS) is 19.3. The molecule has 180 valence electrons. The average molecular weight is 467 g/mol. The van der Waals surface area contributed by atoms with Crippen molar-refractivity contribution >= 4 is 18.2 Å². The van der Waals surface area contributed by atoms with Crippen LogP contribution in [0.4, 0.5) is 9.59 Å². The van der Waals surface area contributed by atoms with E-state index >= 15 is 0 Å². The molecule has 2 aromatic rings. The van der Waals surface area contributed by atoms with Crippen molar-refractivity contribution in [1.29, 1.82) is 0 Å². The fourth-order valence-electron chi connectivity index (χ4n) is 4.73. The highest BCUT2D eigenvalue weighted by molar-refractivity contribution is 5.81. The Morgan fingerprint density at radius 1 is 1.03 bits per heavy atom. The molecule has 2 atom stereocenters. The molecule has 8 nitrogen and oxygen atoms in total. The van der Waals surface area contributed by atoms with Gasteiger partial charge < -0.3 is 19.9 Å². The Morgan fingerprint density at radius 3 is 2.18 bits per heavy atom. The second-order valence-electron chi connectivity index (χ2n) is 9.79. The van der Waals surface area contributed by atoms with Crippen molar-refractivity contribution in [3.8, 4) is 11.1 Å². The van der Waals surface area contributed by atoms with Gasteiger partial charge in [-0.25, -0.2) is 14.4 Å². The van der Waals surface area contributed by atoms with E-state index in [2.05, 4.69) is 17.4 Å². The number of carboxylic acids is 1. The zero-order valence-corrected chi connectivity index (χ0v) is 19.6. The molecule has 34 heavy (non-hydrogen) atoms. The van der Waals surface area contributed by atoms with E-state index in [-0.39, 0.29) is 38.0 Å². The smallest absolute Gasteiger partial charge is 0.410 e. The molecule has 0 unspecified atom stereocenters. The number of aliphatic carboxylic acids is 1. The van der Waals surface area contributed by atoms with Gasteiger partial charge in [0.15, 0.2) is 0 Å². The first-order valence-corrected chi connectivity index (χ1v) is 11.5. The molecule has 0 spiro atoms. The first-order valence-electron chi connectivity index (χ1n) is 11.5. The number of nitrogens with zero attached hydrogens (tertiary/aromatic N) is 1. The number of alkyl carbamates (subject to hydrolysis) is 1. The molecule has 1 heterocycles. The van der Waals surface area contributed by atoms with Crippen LogP contribution in [0.2, 0.25) is 0 Å². The number of carboxylic acid groups (broad SMARTS) is 1. The van der Waals surface area contributed by atoms with Gasteiger partial charge in [-0.2, -0.15) is 0 Å². The number of benzene rings is 2. The van der Waals surface area contributed by atoms with Gasteiger partial charge in [0.2, 0.25) is 0 Å². The van der Waals surface area contributed by atoms with Gasteiger partial charge >= 0.3 is 18.2 Å². The summed E-state index contributed by atoms with van der Waals surface area (Å²) in [6.45, 7) is 5.82. The summed E-state index contributed by atoms with van der Waals surface area (Å²) in [5.41, 5.74) is 3.80. The van der Waals surface area contributed by atoms with Crippen molar-refractivity contribution < 1.29 is 29.0 Å². The molecular weight excluding hydrogens is 436 g/mol. The van der Waals surface area contributed by atoms with E-state index < -0.39 is 29.8 Å². The lowest BCUT2D eigenvalue weighted by Crippen LogP contribution is -2.41. The Labute approximate surface area is 198 Å². The van der Waals surface area contributed by atoms with E-state index in [1.54, 1.807) is 20.8 Å². The summed E-state index contributed by atoms with van der Waals surface area (Å²) in [5, 5.41) is 12.3. The van der Waals surface area contributed by atoms with Gasteiger partial charge in [0.05, 0.1) is 0 Å². The number of nitrogens with one attached hydrogen (secondary N) is 1. The van der Waals surface area contributed by atoms with Gasteiger partial charge in [-0.3, -0.25) is 4.90 Å². The van der Waals surface area contributed by atoms with Crippen molar-refractivity contribution in [3.63, 3.8) is 0 Å². The van der Waals surface area contributed by atoms with Gasteiger partial charge in [-0.05, 0) is 55.4 Å². The second-order valence-corrected chi connectivity index (χ2v) is 9.79. The molecule has 0 saturated carbocycles. The van der Waals surface area contributed by atoms with Crippen molar-refractivity contribution in [3.05, 3.63) is 59.7 Å². The van der Waals surface area contributed by atoms with Crippen molar-refractivity contribution in [2.75, 3.05) is 19.7 Å². The molecule has 2 aliphatic rings. The maximum absolute atomic E-state index is 12.9. The lowest BCUT2D eigenvalue weighted by molar-refractivity contribution is -0.141. The average Bonchev–Trinajstić information content (AvgIpc) is 3.35. The SMILES string of the molecule is CC(C)(C)OC(=O)NC[C@@H]1C[C@H](C(=O)O)N(C(=O)OCC2c3ccccc3-c3ccccc32)C1. The molecule has 0 radical (unpaired) electrons. The van der Waals surface area contributed by atoms with Crippen LogP contribution in [0, 0.1) is 5.92 Å². The molecule has 4 rings (SSSR count). The van der Waals surface area contributed by atoms with Crippen molar-refractivity contribution in [1.82, 2.24) is 10.2 Å². The highest BCUT2D eigenvalue weighted by Gasteiger charge is 2.41. The van der Waals surface area contributed by atoms with E-state index in [0.717, 1.165) is 22.3 Å². The summed E-state index contributed by atoms with van der Waals surface area (Å²) in [6.07, 6.45) is -0.997. The Kier molecular flexibility index (Phi) is 6.50. The number of rotatable bonds is 5. The predicted octanol–water partition coefficient (Wildman–Crippen LogP) is 4.24. The molecule has 2 amide bonds. The fraction of sp³-hybridized carbons (Fsp3) is 0.423. The number of hydrogen-bond acceptors (Lipinski definition) is 5. The molecule has 1 aliphatic heterocycles. The fourth-order valence-corrected chi connectivity index (χ4v) is 4.73. The second kappa shape index (κ2) is 9.37. The van der Waals surface area contributed by atoms with E-state index in [1.807, 2.05) is 36.4 Å². The minimum atomic E-state index is -1.09. The van der Waals surface area contributed by atoms with Crippen molar-refractivity contribution in [2.45, 2.75) is 44.8 Å². The number of amides is 2. The van der Waals surface area contributed by atoms with Crippen molar-refractivity contribution in [2.24, 2.45) is 5.92 Å². The Balaban J connectivity index is 1.39. The standard InChI is InChI=1S/C26H30N2O6/c1-26(2,3)34-24(31)27-13-16-12-22(23(29)30)28(14-16)25(32)33-15-21-19-10-6-4-8-17(19)18-9-5-7-11-20(18)21/h4-11,16,21-22H,12-15H2,1-3H3,(H,27,31)(H,29,30)/t16-,22+/m0/s1. The quantitative estimate of drug-likeness (QED) is 0.683. The Bertz CT molecular complexity index is 1050. The Morgan fingerprint density at radius 2 is 1.62 bits per heavy atom. The maximum atomic E-state index is 12.9. The summed E-state index contributed by atoms with van der Waals surface area (Å²) in [5.74, 6) is -1.41. The van der Waals surface area contributed by atoms with E-state index in [1.165, 1.54) is 4.90 Å². The lowest BCUT2D eigenvalue weighted by Gasteiger charge is -2.23.